The normalized spacial score (nSPS) is 9.40. The van der Waals surface area contributed by atoms with E-state index >= 15 is 0 Å². The van der Waals surface area contributed by atoms with Gasteiger partial charge in [0, 0.05) is 5.56 Å². The number of methoxy groups -OCH3 is 1. The molecule has 0 aliphatic rings. The summed E-state index contributed by atoms with van der Waals surface area (Å²) in [6, 6.07) is 7.93. The number of hydrogen-bond acceptors (Lipinski definition) is 1. The predicted molar refractivity (Wildman–Crippen MR) is 39.6 cm³/mol. The Bertz CT molecular complexity index is 170. The second-order valence-electron chi connectivity index (χ2n) is 2.10. The first-order valence-electron chi connectivity index (χ1n) is 3.29. The molecule has 0 bridgehead atoms. The Balaban J connectivity index is 2.80. The molecule has 1 rings (SSSR count). The first kappa shape index (κ1) is 7.09. The van der Waals surface area contributed by atoms with Gasteiger partial charge in [-0.25, -0.2) is 0 Å². The van der Waals surface area contributed by atoms with E-state index in [-0.39, 0.29) is 0 Å². The van der Waals surface area contributed by atoms with Gasteiger partial charge in [-0.2, -0.15) is 0 Å². The fraction of sp³-hybridized carbons (Fsp3) is 0.250. The summed E-state index contributed by atoms with van der Waals surface area (Å²) in [4.78, 5) is 0. The summed E-state index contributed by atoms with van der Waals surface area (Å²) >= 11 is 0. The number of rotatable bonds is 2. The number of quaternary nitrogens is 1. The highest BCUT2D eigenvalue weighted by Crippen LogP contribution is 2.09. The zero-order valence-corrected chi connectivity index (χ0v) is 6.13. The van der Waals surface area contributed by atoms with Gasteiger partial charge >= 0.3 is 0 Å². The lowest BCUT2D eigenvalue weighted by Crippen LogP contribution is -2.47. The molecule has 3 N–H and O–H groups in total. The van der Waals surface area contributed by atoms with E-state index in [4.69, 9.17) is 4.74 Å². The van der Waals surface area contributed by atoms with Gasteiger partial charge in [0.05, 0.1) is 13.7 Å². The van der Waals surface area contributed by atoms with Crippen LogP contribution in [0, 0.1) is 0 Å². The molecular weight excluding hydrogens is 126 g/mol. The van der Waals surface area contributed by atoms with Crippen LogP contribution in [0.2, 0.25) is 0 Å². The van der Waals surface area contributed by atoms with Crippen LogP contribution < -0.4 is 10.5 Å². The van der Waals surface area contributed by atoms with E-state index in [0.29, 0.717) is 0 Å². The second-order valence-corrected chi connectivity index (χ2v) is 2.10. The van der Waals surface area contributed by atoms with Gasteiger partial charge in [0.15, 0.2) is 0 Å². The van der Waals surface area contributed by atoms with Crippen LogP contribution in [0.5, 0.6) is 5.75 Å². The van der Waals surface area contributed by atoms with Crippen LogP contribution in [0.1, 0.15) is 5.56 Å². The lowest BCUT2D eigenvalue weighted by Gasteiger charge is -1.98. The molecule has 2 nitrogen and oxygen atoms in total. The largest absolute Gasteiger partial charge is 0.497 e. The SMILES string of the molecule is COc1ccc(C[NH3+])cc1. The Morgan fingerprint density at radius 2 is 1.90 bits per heavy atom. The van der Waals surface area contributed by atoms with Crippen molar-refractivity contribution in [1.29, 1.82) is 0 Å². The van der Waals surface area contributed by atoms with E-state index in [9.17, 15) is 0 Å². The van der Waals surface area contributed by atoms with Crippen LogP contribution >= 0.6 is 0 Å². The average molecular weight is 138 g/mol. The van der Waals surface area contributed by atoms with Crippen LogP contribution in [0.25, 0.3) is 0 Å². The van der Waals surface area contributed by atoms with E-state index in [1.54, 1.807) is 7.11 Å². The maximum Gasteiger partial charge on any atom is 0.118 e. The molecule has 1 aromatic carbocycles. The van der Waals surface area contributed by atoms with Crippen molar-refractivity contribution in [3.63, 3.8) is 0 Å². The molecular formula is C8H12NO+. The topological polar surface area (TPSA) is 36.9 Å². The molecule has 0 fully saturated rings. The summed E-state index contributed by atoms with van der Waals surface area (Å²) < 4.78 is 4.99. The van der Waals surface area contributed by atoms with E-state index < -0.39 is 0 Å². The molecule has 0 atom stereocenters. The van der Waals surface area contributed by atoms with Crippen molar-refractivity contribution in [1.82, 2.24) is 0 Å². The second kappa shape index (κ2) is 3.22. The third-order valence-electron chi connectivity index (χ3n) is 1.45. The number of ether oxygens (including phenoxy) is 1. The van der Waals surface area contributed by atoms with Crippen molar-refractivity contribution in [2.75, 3.05) is 7.11 Å². The molecule has 0 radical (unpaired) electrons. The Kier molecular flexibility index (Phi) is 2.29. The zero-order chi connectivity index (χ0) is 7.40. The fourth-order valence-electron chi connectivity index (χ4n) is 0.792. The Hall–Kier alpha value is -1.02. The van der Waals surface area contributed by atoms with E-state index in [0.717, 1.165) is 12.3 Å². The Morgan fingerprint density at radius 3 is 2.30 bits per heavy atom. The summed E-state index contributed by atoms with van der Waals surface area (Å²) in [5.41, 5.74) is 5.01. The summed E-state index contributed by atoms with van der Waals surface area (Å²) in [6.45, 7) is 0.837. The van der Waals surface area contributed by atoms with Crippen molar-refractivity contribution in [2.24, 2.45) is 0 Å². The van der Waals surface area contributed by atoms with Crippen LogP contribution in [0.4, 0.5) is 0 Å². The first-order valence-corrected chi connectivity index (χ1v) is 3.29. The lowest BCUT2D eigenvalue weighted by atomic mass is 10.2. The molecule has 54 valence electrons. The third kappa shape index (κ3) is 1.48. The predicted octanol–water partition coefficient (Wildman–Crippen LogP) is 0.437. The van der Waals surface area contributed by atoms with E-state index in [1.165, 1.54) is 5.56 Å². The molecule has 0 heterocycles. The van der Waals surface area contributed by atoms with Crippen molar-refractivity contribution in [3.8, 4) is 5.75 Å². The number of benzene rings is 1. The maximum atomic E-state index is 4.99. The molecule has 1 aromatic rings. The minimum Gasteiger partial charge on any atom is -0.497 e. The molecule has 10 heavy (non-hydrogen) atoms. The summed E-state index contributed by atoms with van der Waals surface area (Å²) in [6.07, 6.45) is 0. The van der Waals surface area contributed by atoms with Crippen LogP contribution in [-0.2, 0) is 6.54 Å². The van der Waals surface area contributed by atoms with Crippen molar-refractivity contribution in [2.45, 2.75) is 6.54 Å². The van der Waals surface area contributed by atoms with Gasteiger partial charge in [-0.05, 0) is 24.3 Å². The molecule has 0 saturated heterocycles. The monoisotopic (exact) mass is 138 g/mol. The highest BCUT2D eigenvalue weighted by molar-refractivity contribution is 5.26. The maximum absolute atomic E-state index is 4.99. The van der Waals surface area contributed by atoms with E-state index in [1.807, 2.05) is 24.3 Å². The Morgan fingerprint density at radius 1 is 1.30 bits per heavy atom. The molecule has 0 amide bonds. The molecule has 0 aliphatic carbocycles. The van der Waals surface area contributed by atoms with Crippen LogP contribution in [0.15, 0.2) is 24.3 Å². The molecule has 0 aromatic heterocycles. The van der Waals surface area contributed by atoms with Gasteiger partial charge in [-0.15, -0.1) is 0 Å². The fourth-order valence-corrected chi connectivity index (χ4v) is 0.792. The van der Waals surface area contributed by atoms with Crippen molar-refractivity contribution in [3.05, 3.63) is 29.8 Å². The summed E-state index contributed by atoms with van der Waals surface area (Å²) in [5.74, 6) is 0.900. The minimum absolute atomic E-state index is 0.837. The smallest absolute Gasteiger partial charge is 0.118 e. The van der Waals surface area contributed by atoms with Gasteiger partial charge in [0.25, 0.3) is 0 Å². The van der Waals surface area contributed by atoms with Gasteiger partial charge in [-0.3, -0.25) is 0 Å². The quantitative estimate of drug-likeness (QED) is 0.632. The highest BCUT2D eigenvalue weighted by Gasteiger charge is 1.90. The molecule has 0 aliphatic heterocycles. The Labute approximate surface area is 60.6 Å². The van der Waals surface area contributed by atoms with Crippen LogP contribution in [-0.4, -0.2) is 7.11 Å². The van der Waals surface area contributed by atoms with Gasteiger partial charge in [-0.1, -0.05) is 0 Å². The first-order chi connectivity index (χ1) is 4.86. The minimum atomic E-state index is 0.837. The van der Waals surface area contributed by atoms with E-state index in [2.05, 4.69) is 5.73 Å². The highest BCUT2D eigenvalue weighted by atomic mass is 16.5. The summed E-state index contributed by atoms with van der Waals surface area (Å²) in [7, 11) is 1.67. The zero-order valence-electron chi connectivity index (χ0n) is 6.13. The molecule has 0 unspecified atom stereocenters. The van der Waals surface area contributed by atoms with Gasteiger partial charge < -0.3 is 10.5 Å². The molecule has 2 heteroatoms. The number of hydrogen-bond donors (Lipinski definition) is 1. The van der Waals surface area contributed by atoms with Gasteiger partial charge in [0.2, 0.25) is 0 Å². The molecule has 0 spiro atoms. The van der Waals surface area contributed by atoms with Crippen molar-refractivity contribution >= 4 is 0 Å². The molecule has 0 saturated carbocycles. The summed E-state index contributed by atoms with van der Waals surface area (Å²) in [5, 5.41) is 0. The van der Waals surface area contributed by atoms with Crippen molar-refractivity contribution < 1.29 is 10.5 Å². The standard InChI is InChI=1S/C8H11NO/c1-10-8-4-2-7(6-9)3-5-8/h2-5H,6,9H2,1H3/p+1. The average Bonchev–Trinajstić information content (AvgIpc) is 2.05. The van der Waals surface area contributed by atoms with Gasteiger partial charge in [0.1, 0.15) is 5.75 Å². The third-order valence-corrected chi connectivity index (χ3v) is 1.45. The van der Waals surface area contributed by atoms with Crippen LogP contribution in [0.3, 0.4) is 0 Å². The lowest BCUT2D eigenvalue weighted by molar-refractivity contribution is -0.386.